The monoisotopic (exact) mass is 361 g/mol. The zero-order valence-electron chi connectivity index (χ0n) is 14.4. The molecule has 0 radical (unpaired) electrons. The van der Waals surface area contributed by atoms with E-state index >= 15 is 0 Å². The van der Waals surface area contributed by atoms with Crippen molar-refractivity contribution in [1.82, 2.24) is 4.98 Å². The number of aromatic nitrogens is 1. The molecule has 134 valence electrons. The lowest BCUT2D eigenvalue weighted by Gasteiger charge is -2.17. The number of nitrogens with one attached hydrogen (secondary N) is 1. The number of halogens is 1. The molecule has 0 spiro atoms. The first-order chi connectivity index (χ1) is 13.1. The van der Waals surface area contributed by atoms with E-state index < -0.39 is 11.7 Å². The van der Waals surface area contributed by atoms with Gasteiger partial charge in [-0.3, -0.25) is 14.6 Å². The first-order valence-corrected chi connectivity index (χ1v) is 8.55. The Hall–Kier alpha value is -3.54. The van der Waals surface area contributed by atoms with Crippen molar-refractivity contribution in [3.05, 3.63) is 89.5 Å². The van der Waals surface area contributed by atoms with Crippen LogP contribution in [0.3, 0.4) is 0 Å². The van der Waals surface area contributed by atoms with Crippen LogP contribution >= 0.6 is 0 Å². The van der Waals surface area contributed by atoms with Crippen molar-refractivity contribution in [3.63, 3.8) is 0 Å². The first-order valence-electron chi connectivity index (χ1n) is 8.55. The van der Waals surface area contributed by atoms with Gasteiger partial charge >= 0.3 is 0 Å². The Balaban J connectivity index is 1.57. The molecule has 5 nitrogen and oxygen atoms in total. The van der Waals surface area contributed by atoms with Crippen LogP contribution in [0.5, 0.6) is 0 Å². The largest absolute Gasteiger partial charge is 0.318 e. The van der Waals surface area contributed by atoms with Crippen LogP contribution in [0.4, 0.5) is 15.8 Å². The number of benzene rings is 2. The molecule has 0 fully saturated rings. The first kappa shape index (κ1) is 16.9. The van der Waals surface area contributed by atoms with Crippen LogP contribution in [0, 0.1) is 5.82 Å². The minimum absolute atomic E-state index is 0.0524. The second kappa shape index (κ2) is 6.99. The van der Waals surface area contributed by atoms with Gasteiger partial charge in [0.2, 0.25) is 0 Å². The molecule has 0 saturated heterocycles. The maximum atomic E-state index is 13.7. The molecule has 1 aliphatic rings. The zero-order chi connectivity index (χ0) is 18.8. The molecule has 0 aliphatic carbocycles. The van der Waals surface area contributed by atoms with Gasteiger partial charge in [-0.15, -0.1) is 0 Å². The van der Waals surface area contributed by atoms with Crippen molar-refractivity contribution in [3.8, 4) is 0 Å². The van der Waals surface area contributed by atoms with Gasteiger partial charge in [0.1, 0.15) is 11.5 Å². The summed E-state index contributed by atoms with van der Waals surface area (Å²) in [6, 6.07) is 16.6. The lowest BCUT2D eigenvalue weighted by Crippen LogP contribution is -2.29. The van der Waals surface area contributed by atoms with Gasteiger partial charge in [-0.25, -0.2) is 4.39 Å². The van der Waals surface area contributed by atoms with Crippen LogP contribution in [-0.2, 0) is 6.42 Å². The van der Waals surface area contributed by atoms with Gasteiger partial charge in [0, 0.05) is 24.0 Å². The van der Waals surface area contributed by atoms with E-state index in [1.807, 2.05) is 24.3 Å². The van der Waals surface area contributed by atoms with Crippen molar-refractivity contribution >= 4 is 23.2 Å². The SMILES string of the molecule is O=C(Nc1ccccc1F)c1cc(C(=O)N2CCc3ccccc32)ccn1. The van der Waals surface area contributed by atoms with Crippen molar-refractivity contribution < 1.29 is 14.0 Å². The molecule has 2 amide bonds. The van der Waals surface area contributed by atoms with E-state index in [9.17, 15) is 14.0 Å². The number of nitrogens with zero attached hydrogens (tertiary/aromatic N) is 2. The fraction of sp³-hybridized carbons (Fsp3) is 0.0952. The van der Waals surface area contributed by atoms with Crippen LogP contribution < -0.4 is 10.2 Å². The lowest BCUT2D eigenvalue weighted by atomic mass is 10.1. The summed E-state index contributed by atoms with van der Waals surface area (Å²) in [6.07, 6.45) is 2.21. The van der Waals surface area contributed by atoms with Crippen molar-refractivity contribution in [2.75, 3.05) is 16.8 Å². The van der Waals surface area contributed by atoms with Crippen molar-refractivity contribution in [1.29, 1.82) is 0 Å². The van der Waals surface area contributed by atoms with Gasteiger partial charge in [0.25, 0.3) is 11.8 Å². The Morgan fingerprint density at radius 1 is 1.04 bits per heavy atom. The van der Waals surface area contributed by atoms with Crippen molar-refractivity contribution in [2.24, 2.45) is 0 Å². The van der Waals surface area contributed by atoms with Gasteiger partial charge in [-0.2, -0.15) is 0 Å². The number of rotatable bonds is 3. The normalized spacial score (nSPS) is 12.6. The number of carbonyl (C=O) groups is 2. The van der Waals surface area contributed by atoms with E-state index in [0.29, 0.717) is 12.1 Å². The molecule has 2 heterocycles. The number of hydrogen-bond acceptors (Lipinski definition) is 3. The Kier molecular flexibility index (Phi) is 4.38. The highest BCUT2D eigenvalue weighted by atomic mass is 19.1. The van der Waals surface area contributed by atoms with E-state index in [1.54, 1.807) is 17.0 Å². The van der Waals surface area contributed by atoms with Crippen LogP contribution in [0.1, 0.15) is 26.4 Å². The van der Waals surface area contributed by atoms with Gasteiger partial charge in [-0.05, 0) is 42.3 Å². The minimum atomic E-state index is -0.573. The number of amides is 2. The third-order valence-corrected chi connectivity index (χ3v) is 4.49. The van der Waals surface area contributed by atoms with E-state index in [4.69, 9.17) is 0 Å². The smallest absolute Gasteiger partial charge is 0.274 e. The number of hydrogen-bond donors (Lipinski definition) is 1. The quantitative estimate of drug-likeness (QED) is 0.774. The molecule has 0 atom stereocenters. The van der Waals surface area contributed by atoms with Gasteiger partial charge in [-0.1, -0.05) is 30.3 Å². The third kappa shape index (κ3) is 3.29. The summed E-state index contributed by atoms with van der Waals surface area (Å²) in [7, 11) is 0. The molecule has 1 aliphatic heterocycles. The lowest BCUT2D eigenvalue weighted by molar-refractivity contribution is 0.0989. The zero-order valence-corrected chi connectivity index (χ0v) is 14.4. The van der Waals surface area contributed by atoms with Crippen LogP contribution in [-0.4, -0.2) is 23.3 Å². The summed E-state index contributed by atoms with van der Waals surface area (Å²) in [5.41, 5.74) is 2.49. The third-order valence-electron chi connectivity index (χ3n) is 4.49. The number of fused-ring (bicyclic) bond motifs is 1. The van der Waals surface area contributed by atoms with E-state index in [1.165, 1.54) is 30.5 Å². The highest BCUT2D eigenvalue weighted by molar-refractivity contribution is 6.09. The summed E-state index contributed by atoms with van der Waals surface area (Å²) in [5, 5.41) is 2.48. The number of carbonyl (C=O) groups excluding carboxylic acids is 2. The summed E-state index contributed by atoms with van der Waals surface area (Å²) >= 11 is 0. The highest BCUT2D eigenvalue weighted by Crippen LogP contribution is 2.28. The molecule has 4 rings (SSSR count). The average molecular weight is 361 g/mol. The van der Waals surface area contributed by atoms with Gasteiger partial charge in [0.05, 0.1) is 5.69 Å². The maximum absolute atomic E-state index is 13.7. The summed E-state index contributed by atoms with van der Waals surface area (Å²) < 4.78 is 13.7. The Morgan fingerprint density at radius 3 is 2.67 bits per heavy atom. The van der Waals surface area contributed by atoms with Crippen LogP contribution in [0.2, 0.25) is 0 Å². The van der Waals surface area contributed by atoms with Gasteiger partial charge in [0.15, 0.2) is 0 Å². The predicted octanol–water partition coefficient (Wildman–Crippen LogP) is 3.68. The number of anilines is 2. The molecule has 1 aromatic heterocycles. The molecule has 27 heavy (non-hydrogen) atoms. The molecule has 6 heteroatoms. The topological polar surface area (TPSA) is 62.3 Å². The molecule has 0 unspecified atom stereocenters. The van der Waals surface area contributed by atoms with Crippen LogP contribution in [0.25, 0.3) is 0 Å². The highest BCUT2D eigenvalue weighted by Gasteiger charge is 2.25. The molecule has 0 saturated carbocycles. The fourth-order valence-corrected chi connectivity index (χ4v) is 3.14. The van der Waals surface area contributed by atoms with E-state index in [2.05, 4.69) is 10.3 Å². The second-order valence-electron chi connectivity index (χ2n) is 6.20. The Bertz CT molecular complexity index is 1040. The Morgan fingerprint density at radius 2 is 1.81 bits per heavy atom. The maximum Gasteiger partial charge on any atom is 0.274 e. The van der Waals surface area contributed by atoms with Crippen molar-refractivity contribution in [2.45, 2.75) is 6.42 Å². The molecular formula is C21H16FN3O2. The number of pyridine rings is 1. The second-order valence-corrected chi connectivity index (χ2v) is 6.20. The summed E-state index contributed by atoms with van der Waals surface area (Å²) in [5.74, 6) is -1.30. The molecule has 0 bridgehead atoms. The predicted molar refractivity (Wildman–Crippen MR) is 100 cm³/mol. The van der Waals surface area contributed by atoms with E-state index in [0.717, 1.165) is 17.7 Å². The standard InChI is InChI=1S/C21H16FN3O2/c22-16-6-2-3-7-17(16)24-20(26)18-13-15(9-11-23-18)21(27)25-12-10-14-5-1-4-8-19(14)25/h1-9,11,13H,10,12H2,(H,24,26). The minimum Gasteiger partial charge on any atom is -0.318 e. The van der Waals surface area contributed by atoms with Gasteiger partial charge < -0.3 is 10.2 Å². The summed E-state index contributed by atoms with van der Waals surface area (Å²) in [6.45, 7) is 0.595. The molecule has 2 aromatic carbocycles. The Labute approximate surface area is 155 Å². The average Bonchev–Trinajstić information content (AvgIpc) is 3.13. The fourth-order valence-electron chi connectivity index (χ4n) is 3.14. The molecular weight excluding hydrogens is 345 g/mol. The summed E-state index contributed by atoms with van der Waals surface area (Å²) in [4.78, 5) is 31.0. The van der Waals surface area contributed by atoms with Crippen LogP contribution in [0.15, 0.2) is 66.9 Å². The number of para-hydroxylation sites is 2. The molecule has 1 N–H and O–H groups in total. The van der Waals surface area contributed by atoms with E-state index in [-0.39, 0.29) is 17.3 Å². The molecule has 3 aromatic rings.